The highest BCUT2D eigenvalue weighted by Gasteiger charge is 2.14. The fraction of sp³-hybridized carbons (Fsp3) is 0.375. The number of aryl methyl sites for hydroxylation is 4. The number of hydrogen-bond acceptors (Lipinski definition) is 3. The normalized spacial score (nSPS) is 12.5. The van der Waals surface area contributed by atoms with Gasteiger partial charge >= 0.3 is 0 Å². The van der Waals surface area contributed by atoms with Crippen molar-refractivity contribution < 1.29 is 5.11 Å². The van der Waals surface area contributed by atoms with Gasteiger partial charge in [-0.2, -0.15) is 0 Å². The Balaban J connectivity index is 2.26. The zero-order valence-corrected chi connectivity index (χ0v) is 11.9. The van der Waals surface area contributed by atoms with E-state index in [0.717, 1.165) is 0 Å². The summed E-state index contributed by atoms with van der Waals surface area (Å²) in [6.07, 6.45) is 1.70. The lowest BCUT2D eigenvalue weighted by Crippen LogP contribution is -2.08. The first kappa shape index (κ1) is 13.7. The molecule has 0 aliphatic rings. The molecule has 1 unspecified atom stereocenters. The van der Waals surface area contributed by atoms with Crippen LogP contribution in [0.3, 0.4) is 0 Å². The maximum absolute atomic E-state index is 10.3. The van der Waals surface area contributed by atoms with Gasteiger partial charge in [-0.3, -0.25) is 0 Å². The van der Waals surface area contributed by atoms with E-state index in [2.05, 4.69) is 42.9 Å². The molecule has 3 heteroatoms. The summed E-state index contributed by atoms with van der Waals surface area (Å²) >= 11 is 0. The summed E-state index contributed by atoms with van der Waals surface area (Å²) in [7, 11) is 0. The molecule has 0 amide bonds. The molecule has 100 valence electrons. The van der Waals surface area contributed by atoms with Crippen LogP contribution in [0.25, 0.3) is 0 Å². The molecule has 0 saturated carbocycles. The molecule has 0 aliphatic carbocycles. The lowest BCUT2D eigenvalue weighted by atomic mass is 9.94. The van der Waals surface area contributed by atoms with Crippen molar-refractivity contribution in [3.8, 4) is 0 Å². The van der Waals surface area contributed by atoms with Crippen LogP contribution in [0.4, 0.5) is 0 Å². The molecule has 19 heavy (non-hydrogen) atoms. The van der Waals surface area contributed by atoms with Gasteiger partial charge in [0.1, 0.15) is 11.9 Å². The van der Waals surface area contributed by atoms with Gasteiger partial charge in [0.25, 0.3) is 0 Å². The van der Waals surface area contributed by atoms with E-state index in [1.807, 2.05) is 6.92 Å². The maximum atomic E-state index is 10.3. The third-order valence-electron chi connectivity index (χ3n) is 3.38. The van der Waals surface area contributed by atoms with Gasteiger partial charge in [-0.05, 0) is 50.5 Å². The van der Waals surface area contributed by atoms with Crippen molar-refractivity contribution in [3.05, 3.63) is 58.2 Å². The Morgan fingerprint density at radius 3 is 2.32 bits per heavy atom. The average Bonchev–Trinajstić information content (AvgIpc) is 2.33. The Hall–Kier alpha value is -1.74. The van der Waals surface area contributed by atoms with Gasteiger partial charge < -0.3 is 5.11 Å². The van der Waals surface area contributed by atoms with Gasteiger partial charge in [-0.1, -0.05) is 17.7 Å². The molecule has 0 radical (unpaired) electrons. The first-order valence-corrected chi connectivity index (χ1v) is 6.51. The predicted octanol–water partition coefficient (Wildman–Crippen LogP) is 2.99. The highest BCUT2D eigenvalue weighted by Crippen LogP contribution is 2.23. The number of aliphatic hydroxyl groups is 1. The summed E-state index contributed by atoms with van der Waals surface area (Å²) in [5.74, 6) is 0.689. The third kappa shape index (κ3) is 3.18. The molecule has 0 aliphatic heterocycles. The molecule has 3 nitrogen and oxygen atoms in total. The SMILES string of the molecule is Cc1cc(C)c(CC(O)c2ccnc(C)n2)c(C)c1. The molecule has 1 heterocycles. The van der Waals surface area contributed by atoms with Gasteiger partial charge in [-0.25, -0.2) is 9.97 Å². The van der Waals surface area contributed by atoms with Crippen molar-refractivity contribution in [3.63, 3.8) is 0 Å². The highest BCUT2D eigenvalue weighted by atomic mass is 16.3. The number of aromatic nitrogens is 2. The second kappa shape index (κ2) is 5.49. The summed E-state index contributed by atoms with van der Waals surface area (Å²) in [5, 5.41) is 10.3. The first-order valence-electron chi connectivity index (χ1n) is 6.51. The number of rotatable bonds is 3. The highest BCUT2D eigenvalue weighted by molar-refractivity contribution is 5.38. The van der Waals surface area contributed by atoms with Crippen LogP contribution in [-0.2, 0) is 6.42 Å². The number of aliphatic hydroxyl groups excluding tert-OH is 1. The lowest BCUT2D eigenvalue weighted by molar-refractivity contribution is 0.173. The average molecular weight is 256 g/mol. The van der Waals surface area contributed by atoms with Crippen molar-refractivity contribution in [1.82, 2.24) is 9.97 Å². The van der Waals surface area contributed by atoms with E-state index in [1.54, 1.807) is 12.3 Å². The summed E-state index contributed by atoms with van der Waals surface area (Å²) in [5.41, 5.74) is 5.59. The predicted molar refractivity (Wildman–Crippen MR) is 76.1 cm³/mol. The fourth-order valence-electron chi connectivity index (χ4n) is 2.49. The van der Waals surface area contributed by atoms with Crippen molar-refractivity contribution in [2.45, 2.75) is 40.2 Å². The summed E-state index contributed by atoms with van der Waals surface area (Å²) in [6.45, 7) is 8.10. The molecule has 2 aromatic rings. The van der Waals surface area contributed by atoms with Crippen LogP contribution >= 0.6 is 0 Å². The molecule has 0 saturated heterocycles. The first-order chi connectivity index (χ1) is 8.97. The minimum atomic E-state index is -0.582. The van der Waals surface area contributed by atoms with Crippen molar-refractivity contribution >= 4 is 0 Å². The second-order valence-corrected chi connectivity index (χ2v) is 5.13. The van der Waals surface area contributed by atoms with E-state index < -0.39 is 6.10 Å². The van der Waals surface area contributed by atoms with E-state index in [0.29, 0.717) is 17.9 Å². The van der Waals surface area contributed by atoms with Crippen LogP contribution in [0.2, 0.25) is 0 Å². The van der Waals surface area contributed by atoms with Gasteiger partial charge in [0, 0.05) is 12.6 Å². The maximum Gasteiger partial charge on any atom is 0.125 e. The van der Waals surface area contributed by atoms with Crippen LogP contribution in [0.5, 0.6) is 0 Å². The molecule has 1 atom stereocenters. The van der Waals surface area contributed by atoms with E-state index in [-0.39, 0.29) is 0 Å². The summed E-state index contributed by atoms with van der Waals surface area (Å²) in [4.78, 5) is 8.34. The molecule has 2 rings (SSSR count). The summed E-state index contributed by atoms with van der Waals surface area (Å²) < 4.78 is 0. The van der Waals surface area contributed by atoms with Crippen molar-refractivity contribution in [2.24, 2.45) is 0 Å². The van der Waals surface area contributed by atoms with Gasteiger partial charge in [0.2, 0.25) is 0 Å². The zero-order chi connectivity index (χ0) is 14.0. The van der Waals surface area contributed by atoms with E-state index in [4.69, 9.17) is 0 Å². The minimum Gasteiger partial charge on any atom is -0.386 e. The van der Waals surface area contributed by atoms with Gasteiger partial charge in [0.15, 0.2) is 0 Å². The van der Waals surface area contributed by atoms with Crippen LogP contribution in [-0.4, -0.2) is 15.1 Å². The van der Waals surface area contributed by atoms with E-state index >= 15 is 0 Å². The second-order valence-electron chi connectivity index (χ2n) is 5.13. The standard InChI is InChI=1S/C16H20N2O/c1-10-7-11(2)14(12(3)8-10)9-16(19)15-5-6-17-13(4)18-15/h5-8,16,19H,9H2,1-4H3. The lowest BCUT2D eigenvalue weighted by Gasteiger charge is -2.15. The zero-order valence-electron chi connectivity index (χ0n) is 11.9. The topological polar surface area (TPSA) is 46.0 Å². The Labute approximate surface area is 114 Å². The molecular weight excluding hydrogens is 236 g/mol. The Morgan fingerprint density at radius 1 is 1.11 bits per heavy atom. The Morgan fingerprint density at radius 2 is 1.74 bits per heavy atom. The fourth-order valence-corrected chi connectivity index (χ4v) is 2.49. The molecule has 0 spiro atoms. The van der Waals surface area contributed by atoms with Crippen LogP contribution < -0.4 is 0 Å². The molecule has 0 bridgehead atoms. The molecule has 1 N–H and O–H groups in total. The number of benzene rings is 1. The monoisotopic (exact) mass is 256 g/mol. The van der Waals surface area contributed by atoms with Crippen molar-refractivity contribution in [2.75, 3.05) is 0 Å². The number of hydrogen-bond donors (Lipinski definition) is 1. The number of nitrogens with zero attached hydrogens (tertiary/aromatic N) is 2. The van der Waals surface area contributed by atoms with Crippen molar-refractivity contribution in [1.29, 1.82) is 0 Å². The van der Waals surface area contributed by atoms with Crippen LogP contribution in [0.1, 0.15) is 39.9 Å². The largest absolute Gasteiger partial charge is 0.386 e. The van der Waals surface area contributed by atoms with Gasteiger partial charge in [-0.15, -0.1) is 0 Å². The molecule has 1 aromatic carbocycles. The van der Waals surface area contributed by atoms with Crippen LogP contribution in [0.15, 0.2) is 24.4 Å². The quantitative estimate of drug-likeness (QED) is 0.918. The molecule has 0 fully saturated rings. The Kier molecular flexibility index (Phi) is 3.96. The Bertz CT molecular complexity index is 570. The summed E-state index contributed by atoms with van der Waals surface area (Å²) in [6, 6.07) is 6.08. The van der Waals surface area contributed by atoms with E-state index in [9.17, 15) is 5.11 Å². The smallest absolute Gasteiger partial charge is 0.125 e. The molecular formula is C16H20N2O. The molecule has 1 aromatic heterocycles. The van der Waals surface area contributed by atoms with E-state index in [1.165, 1.54) is 22.3 Å². The van der Waals surface area contributed by atoms with Gasteiger partial charge in [0.05, 0.1) is 5.69 Å². The van der Waals surface area contributed by atoms with Crippen LogP contribution in [0, 0.1) is 27.7 Å². The minimum absolute atomic E-state index is 0.582. The third-order valence-corrected chi connectivity index (χ3v) is 3.38.